The summed E-state index contributed by atoms with van der Waals surface area (Å²) >= 11 is 0. The van der Waals surface area contributed by atoms with E-state index < -0.39 is 32.1 Å². The van der Waals surface area contributed by atoms with Crippen molar-refractivity contribution >= 4 is 24.4 Å². The van der Waals surface area contributed by atoms with Crippen LogP contribution in [-0.4, -0.2) is 53.4 Å². The second kappa shape index (κ2) is 6.72. The van der Waals surface area contributed by atoms with Crippen molar-refractivity contribution in [3.05, 3.63) is 24.5 Å². The van der Waals surface area contributed by atoms with Gasteiger partial charge >= 0.3 is 0 Å². The third kappa shape index (κ3) is 3.14. The number of fused-ring (bicyclic) bond motifs is 1. The van der Waals surface area contributed by atoms with E-state index in [4.69, 9.17) is 20.9 Å². The highest BCUT2D eigenvalue weighted by molar-refractivity contribution is 7.62. The Morgan fingerprint density at radius 2 is 2.08 bits per heavy atom. The topological polar surface area (TPSA) is 181 Å². The summed E-state index contributed by atoms with van der Waals surface area (Å²) in [6.07, 6.45) is -2.44. The van der Waals surface area contributed by atoms with Crippen LogP contribution in [-0.2, 0) is 9.30 Å². The lowest BCUT2D eigenvalue weighted by Gasteiger charge is -2.14. The molecule has 0 spiro atoms. The molecule has 0 aliphatic carbocycles. The van der Waals surface area contributed by atoms with Crippen molar-refractivity contribution in [2.45, 2.75) is 24.6 Å². The van der Waals surface area contributed by atoms with E-state index in [-0.39, 0.29) is 17.0 Å². The maximum Gasteiger partial charge on any atom is 0.277 e. The van der Waals surface area contributed by atoms with Crippen molar-refractivity contribution < 1.29 is 29.2 Å². The number of anilines is 1. The fourth-order valence-electron chi connectivity index (χ4n) is 2.40. The molecule has 0 amide bonds. The standard InChI is InChI=1S/C11H15FN7O5P/c12-6-8(20)5(1-2-25(23,17-21)18-22)24-11(6)19-4-16-7-9(13)14-3-15-10(7)19/h1-6,8,11,20-22H,(H2,13,14,15)(H2,17,18,23)/b2-1+/t5?,6-,8-,11-/m1/s1. The summed E-state index contributed by atoms with van der Waals surface area (Å²) in [5, 5.41) is 30.2. The van der Waals surface area contributed by atoms with Gasteiger partial charge in [-0.2, -0.15) is 0 Å². The third-order valence-electron chi connectivity index (χ3n) is 3.68. The van der Waals surface area contributed by atoms with Crippen LogP contribution in [0.1, 0.15) is 6.23 Å². The van der Waals surface area contributed by atoms with Crippen LogP contribution in [0.15, 0.2) is 24.5 Å². The summed E-state index contributed by atoms with van der Waals surface area (Å²) in [6, 6.07) is 0. The molecule has 3 heterocycles. The number of halogens is 1. The number of nitrogens with zero attached hydrogens (tertiary/aromatic N) is 4. The van der Waals surface area contributed by atoms with Crippen LogP contribution in [0.3, 0.4) is 0 Å². The number of alkyl halides is 1. The number of hydrogen-bond donors (Lipinski definition) is 6. The van der Waals surface area contributed by atoms with Crippen LogP contribution in [0, 0.1) is 0 Å². The summed E-state index contributed by atoms with van der Waals surface area (Å²) in [5.41, 5.74) is 6.14. The molecule has 2 aromatic rings. The summed E-state index contributed by atoms with van der Waals surface area (Å²) in [7, 11) is -3.84. The Kier molecular flexibility index (Phi) is 4.79. The molecule has 7 N–H and O–H groups in total. The van der Waals surface area contributed by atoms with Crippen molar-refractivity contribution in [2.24, 2.45) is 0 Å². The number of aromatic nitrogens is 4. The van der Waals surface area contributed by atoms with E-state index in [1.54, 1.807) is 0 Å². The summed E-state index contributed by atoms with van der Waals surface area (Å²) in [6.45, 7) is 0. The van der Waals surface area contributed by atoms with E-state index >= 15 is 0 Å². The molecular formula is C11H15FN7O5P. The molecule has 2 aromatic heterocycles. The lowest BCUT2D eigenvalue weighted by Crippen LogP contribution is -2.27. The van der Waals surface area contributed by atoms with E-state index in [0.29, 0.717) is 0 Å². The first-order chi connectivity index (χ1) is 11.9. The highest BCUT2D eigenvalue weighted by Gasteiger charge is 2.45. The largest absolute Gasteiger partial charge is 0.387 e. The molecule has 1 saturated heterocycles. The lowest BCUT2D eigenvalue weighted by atomic mass is 10.1. The van der Waals surface area contributed by atoms with Crippen molar-refractivity contribution in [3.63, 3.8) is 0 Å². The molecule has 0 saturated carbocycles. The smallest absolute Gasteiger partial charge is 0.277 e. The maximum absolute atomic E-state index is 14.5. The molecule has 1 aliphatic rings. The van der Waals surface area contributed by atoms with E-state index in [1.807, 2.05) is 0 Å². The molecule has 12 nitrogen and oxygen atoms in total. The van der Waals surface area contributed by atoms with Gasteiger partial charge in [0.05, 0.1) is 6.33 Å². The fourth-order valence-corrected chi connectivity index (χ4v) is 2.99. The highest BCUT2D eigenvalue weighted by Crippen LogP contribution is 2.39. The average molecular weight is 375 g/mol. The van der Waals surface area contributed by atoms with Crippen LogP contribution in [0.25, 0.3) is 11.2 Å². The van der Waals surface area contributed by atoms with E-state index in [9.17, 15) is 14.1 Å². The molecule has 0 bridgehead atoms. The Labute approximate surface area is 139 Å². The van der Waals surface area contributed by atoms with Gasteiger partial charge in [-0.15, -0.1) is 10.5 Å². The van der Waals surface area contributed by atoms with Gasteiger partial charge in [0.1, 0.15) is 24.1 Å². The molecule has 25 heavy (non-hydrogen) atoms. The fraction of sp³-hybridized carbons (Fsp3) is 0.364. The Hall–Kier alpha value is -1.99. The minimum atomic E-state index is -3.84. The van der Waals surface area contributed by atoms with Crippen LogP contribution >= 0.6 is 7.44 Å². The zero-order valence-electron chi connectivity index (χ0n) is 12.5. The summed E-state index contributed by atoms with van der Waals surface area (Å²) in [5.74, 6) is 0.945. The average Bonchev–Trinajstić information content (AvgIpc) is 3.16. The molecule has 0 radical (unpaired) electrons. The molecule has 136 valence electrons. The maximum atomic E-state index is 14.5. The zero-order valence-corrected chi connectivity index (χ0v) is 13.4. The predicted octanol–water partition coefficient (Wildman–Crippen LogP) is -0.331. The minimum absolute atomic E-state index is 0.109. The molecule has 1 unspecified atom stereocenters. The summed E-state index contributed by atoms with van der Waals surface area (Å²) in [4.78, 5) is 11.7. The normalized spacial score (nSPS) is 27.5. The molecule has 1 fully saturated rings. The molecular weight excluding hydrogens is 360 g/mol. The number of ether oxygens (including phenoxy) is 1. The number of imidazole rings is 1. The quantitative estimate of drug-likeness (QED) is 0.297. The molecule has 14 heteroatoms. The third-order valence-corrected chi connectivity index (χ3v) is 4.86. The SMILES string of the molecule is Nc1ncnc2c1ncn2[C@@H]1OC(/C=C/P(=O)(NO)NO)[C@@H](O)[C@H]1F. The number of aliphatic hydroxyl groups is 1. The van der Waals surface area contributed by atoms with Crippen LogP contribution < -0.4 is 16.2 Å². The van der Waals surface area contributed by atoms with Gasteiger partial charge < -0.3 is 26.0 Å². The second-order valence-electron chi connectivity index (χ2n) is 5.21. The Morgan fingerprint density at radius 1 is 1.36 bits per heavy atom. The molecule has 1 aliphatic heterocycles. The van der Waals surface area contributed by atoms with Gasteiger partial charge in [-0.05, 0) is 6.08 Å². The van der Waals surface area contributed by atoms with Crippen molar-refractivity contribution in [3.8, 4) is 0 Å². The Morgan fingerprint density at radius 3 is 2.76 bits per heavy atom. The van der Waals surface area contributed by atoms with Crippen molar-refractivity contribution in [2.75, 3.05) is 5.73 Å². The van der Waals surface area contributed by atoms with Gasteiger partial charge in [0, 0.05) is 5.82 Å². The first kappa shape index (κ1) is 17.8. The van der Waals surface area contributed by atoms with Gasteiger partial charge in [-0.1, -0.05) is 0 Å². The Balaban J connectivity index is 1.88. The Bertz CT molecular complexity index is 839. The number of nitrogens with two attached hydrogens (primary N) is 1. The van der Waals surface area contributed by atoms with Crippen molar-refractivity contribution in [1.29, 1.82) is 0 Å². The van der Waals surface area contributed by atoms with Gasteiger partial charge in [-0.3, -0.25) is 9.13 Å². The lowest BCUT2D eigenvalue weighted by molar-refractivity contribution is -0.00166. The number of nitrogen functional groups attached to an aromatic ring is 1. The van der Waals surface area contributed by atoms with E-state index in [2.05, 4.69) is 15.0 Å². The minimum Gasteiger partial charge on any atom is -0.387 e. The summed E-state index contributed by atoms with van der Waals surface area (Å²) < 4.78 is 32.9. The molecule has 0 aromatic carbocycles. The second-order valence-corrected chi connectivity index (χ2v) is 7.22. The number of nitrogens with one attached hydrogen (secondary N) is 2. The monoisotopic (exact) mass is 375 g/mol. The first-order valence-corrected chi connectivity index (χ1v) is 8.70. The van der Waals surface area contributed by atoms with Crippen LogP contribution in [0.5, 0.6) is 0 Å². The van der Waals surface area contributed by atoms with Gasteiger partial charge in [0.25, 0.3) is 7.44 Å². The molecule has 3 rings (SSSR count). The van der Waals surface area contributed by atoms with Crippen LogP contribution in [0.4, 0.5) is 10.2 Å². The van der Waals surface area contributed by atoms with E-state index in [0.717, 1.165) is 11.9 Å². The number of hydrogen-bond acceptors (Lipinski definition) is 9. The van der Waals surface area contributed by atoms with Gasteiger partial charge in [0.2, 0.25) is 0 Å². The highest BCUT2D eigenvalue weighted by atomic mass is 31.2. The van der Waals surface area contributed by atoms with Crippen molar-refractivity contribution in [1.82, 2.24) is 30.0 Å². The number of rotatable bonds is 5. The number of aliphatic hydroxyl groups excluding tert-OH is 1. The molecule has 4 atom stereocenters. The zero-order chi connectivity index (χ0) is 18.2. The first-order valence-electron chi connectivity index (χ1n) is 6.92. The van der Waals surface area contributed by atoms with E-state index in [1.165, 1.54) is 27.7 Å². The van der Waals surface area contributed by atoms with Crippen LogP contribution in [0.2, 0.25) is 0 Å². The van der Waals surface area contributed by atoms with Gasteiger partial charge in [0.15, 0.2) is 23.9 Å². The predicted molar refractivity (Wildman–Crippen MR) is 81.1 cm³/mol. The van der Waals surface area contributed by atoms with Gasteiger partial charge in [-0.25, -0.2) is 19.3 Å².